The van der Waals surface area contributed by atoms with Gasteiger partial charge in [0.2, 0.25) is 0 Å². The summed E-state index contributed by atoms with van der Waals surface area (Å²) >= 11 is 1.76. The van der Waals surface area contributed by atoms with Crippen LogP contribution in [0.5, 0.6) is 0 Å². The number of carboxylic acids is 1. The fraction of sp³-hybridized carbons (Fsp3) is 0.455. The van der Waals surface area contributed by atoms with Crippen LogP contribution in [0.4, 0.5) is 0 Å². The van der Waals surface area contributed by atoms with Crippen molar-refractivity contribution in [3.63, 3.8) is 0 Å². The highest BCUT2D eigenvalue weighted by atomic mass is 32.2. The standard InChI is InChI=1S/C22H26N2O3S/c1-15-21(18-6-2-3-7-19(18)24(15)14-20(25)26)22(27)16-8-10-17(11-9-16)28-23-12-4-5-13-23/h8-11H,2-7,12-14H2,1H3,(H,25,26). The Morgan fingerprint density at radius 3 is 2.39 bits per heavy atom. The van der Waals surface area contributed by atoms with Crippen molar-refractivity contribution in [3.05, 3.63) is 52.3 Å². The number of nitrogens with zero attached hydrogens (tertiary/aromatic N) is 2. The van der Waals surface area contributed by atoms with Gasteiger partial charge < -0.3 is 9.67 Å². The minimum atomic E-state index is -0.867. The van der Waals surface area contributed by atoms with E-state index < -0.39 is 5.97 Å². The van der Waals surface area contributed by atoms with E-state index in [1.165, 1.54) is 12.8 Å². The number of ketones is 1. The second kappa shape index (κ2) is 8.13. The molecule has 1 aromatic heterocycles. The lowest BCUT2D eigenvalue weighted by molar-refractivity contribution is -0.137. The summed E-state index contributed by atoms with van der Waals surface area (Å²) in [7, 11) is 0. The Kier molecular flexibility index (Phi) is 5.60. The van der Waals surface area contributed by atoms with Gasteiger partial charge in [-0.3, -0.25) is 9.59 Å². The monoisotopic (exact) mass is 398 g/mol. The fourth-order valence-electron chi connectivity index (χ4n) is 4.40. The number of fused-ring (bicyclic) bond motifs is 1. The van der Waals surface area contributed by atoms with Crippen molar-refractivity contribution < 1.29 is 14.7 Å². The molecule has 1 aliphatic heterocycles. The second-order valence-corrected chi connectivity index (χ2v) is 8.82. The van der Waals surface area contributed by atoms with E-state index in [-0.39, 0.29) is 12.3 Å². The van der Waals surface area contributed by atoms with Crippen LogP contribution >= 0.6 is 11.9 Å². The highest BCUT2D eigenvalue weighted by Gasteiger charge is 2.28. The number of carboxylic acid groups (broad SMARTS) is 1. The van der Waals surface area contributed by atoms with Gasteiger partial charge in [0, 0.05) is 40.5 Å². The molecule has 6 heteroatoms. The van der Waals surface area contributed by atoms with E-state index in [4.69, 9.17) is 0 Å². The van der Waals surface area contributed by atoms with Crippen molar-refractivity contribution in [2.45, 2.75) is 56.9 Å². The van der Waals surface area contributed by atoms with Crippen LogP contribution in [0.3, 0.4) is 0 Å². The topological polar surface area (TPSA) is 62.5 Å². The zero-order valence-corrected chi connectivity index (χ0v) is 17.1. The zero-order chi connectivity index (χ0) is 19.7. The van der Waals surface area contributed by atoms with Gasteiger partial charge in [-0.1, -0.05) is 0 Å². The van der Waals surface area contributed by atoms with Crippen LogP contribution in [-0.4, -0.2) is 38.8 Å². The van der Waals surface area contributed by atoms with Gasteiger partial charge in [-0.25, -0.2) is 4.31 Å². The summed E-state index contributed by atoms with van der Waals surface area (Å²) in [5, 5.41) is 9.29. The molecule has 2 aliphatic rings. The molecule has 1 aliphatic carbocycles. The van der Waals surface area contributed by atoms with Crippen molar-refractivity contribution >= 4 is 23.7 Å². The van der Waals surface area contributed by atoms with E-state index in [2.05, 4.69) is 4.31 Å². The molecule has 0 bridgehead atoms. The van der Waals surface area contributed by atoms with Gasteiger partial charge in [0.25, 0.3) is 0 Å². The SMILES string of the molecule is Cc1c(C(=O)c2ccc(SN3CCCC3)cc2)c2c(n1CC(=O)O)CCCC2. The molecule has 0 radical (unpaired) electrons. The number of aromatic nitrogens is 1. The molecule has 0 spiro atoms. The first-order valence-electron chi connectivity index (χ1n) is 10.0. The van der Waals surface area contributed by atoms with E-state index >= 15 is 0 Å². The molecule has 1 saturated heterocycles. The zero-order valence-electron chi connectivity index (χ0n) is 16.2. The molecular weight excluding hydrogens is 372 g/mol. The predicted molar refractivity (Wildman–Crippen MR) is 110 cm³/mol. The molecule has 1 N–H and O–H groups in total. The van der Waals surface area contributed by atoms with Gasteiger partial charge in [-0.05, 0) is 87.2 Å². The quantitative estimate of drug-likeness (QED) is 0.586. The molecule has 1 fully saturated rings. The Morgan fingerprint density at radius 1 is 1.04 bits per heavy atom. The molecule has 1 aromatic carbocycles. The van der Waals surface area contributed by atoms with E-state index in [1.807, 2.05) is 35.8 Å². The fourth-order valence-corrected chi connectivity index (χ4v) is 5.40. The number of aliphatic carboxylic acids is 1. The average molecular weight is 399 g/mol. The second-order valence-electron chi connectivity index (χ2n) is 7.65. The molecule has 2 heterocycles. The van der Waals surface area contributed by atoms with Crippen LogP contribution in [-0.2, 0) is 24.2 Å². The largest absolute Gasteiger partial charge is 0.480 e. The first-order chi connectivity index (χ1) is 13.5. The lowest BCUT2D eigenvalue weighted by Gasteiger charge is -2.15. The molecule has 28 heavy (non-hydrogen) atoms. The minimum absolute atomic E-state index is 0.0116. The Morgan fingerprint density at radius 2 is 1.71 bits per heavy atom. The molecule has 0 unspecified atom stereocenters. The number of rotatable bonds is 6. The van der Waals surface area contributed by atoms with Crippen molar-refractivity contribution in [1.29, 1.82) is 0 Å². The Labute approximate surface area is 169 Å². The lowest BCUT2D eigenvalue weighted by Crippen LogP contribution is -2.15. The van der Waals surface area contributed by atoms with E-state index in [1.54, 1.807) is 11.9 Å². The third kappa shape index (κ3) is 3.76. The van der Waals surface area contributed by atoms with Crippen LogP contribution in [0.2, 0.25) is 0 Å². The van der Waals surface area contributed by atoms with Crippen LogP contribution in [0, 0.1) is 6.92 Å². The summed E-state index contributed by atoms with van der Waals surface area (Å²) in [5.41, 5.74) is 4.28. The average Bonchev–Trinajstić information content (AvgIpc) is 3.29. The minimum Gasteiger partial charge on any atom is -0.480 e. The molecule has 0 atom stereocenters. The van der Waals surface area contributed by atoms with E-state index in [9.17, 15) is 14.7 Å². The number of carbonyl (C=O) groups is 2. The molecule has 148 valence electrons. The third-order valence-electron chi connectivity index (χ3n) is 5.77. The van der Waals surface area contributed by atoms with Crippen molar-refractivity contribution in [1.82, 2.24) is 8.87 Å². The maximum atomic E-state index is 13.3. The van der Waals surface area contributed by atoms with Gasteiger partial charge in [0.05, 0.1) is 0 Å². The van der Waals surface area contributed by atoms with Gasteiger partial charge in [-0.15, -0.1) is 0 Å². The maximum absolute atomic E-state index is 13.3. The normalized spacial score (nSPS) is 16.9. The first-order valence-corrected chi connectivity index (χ1v) is 10.8. The molecule has 4 rings (SSSR count). The smallest absolute Gasteiger partial charge is 0.323 e. The summed E-state index contributed by atoms with van der Waals surface area (Å²) in [6.45, 7) is 4.04. The van der Waals surface area contributed by atoms with Gasteiger partial charge in [0.1, 0.15) is 6.54 Å². The third-order valence-corrected chi connectivity index (χ3v) is 6.88. The Balaban J connectivity index is 1.62. The van der Waals surface area contributed by atoms with E-state index in [0.29, 0.717) is 5.56 Å². The maximum Gasteiger partial charge on any atom is 0.323 e. The first kappa shape index (κ1) is 19.3. The van der Waals surface area contributed by atoms with Gasteiger partial charge >= 0.3 is 5.97 Å². The molecule has 5 nitrogen and oxygen atoms in total. The van der Waals surface area contributed by atoms with Crippen LogP contribution < -0.4 is 0 Å². The summed E-state index contributed by atoms with van der Waals surface area (Å²) in [6, 6.07) is 7.85. The number of hydrogen-bond acceptors (Lipinski definition) is 4. The number of benzene rings is 1. The lowest BCUT2D eigenvalue weighted by atomic mass is 9.91. The number of carbonyl (C=O) groups excluding carboxylic acids is 1. The Hall–Kier alpha value is -2.05. The van der Waals surface area contributed by atoms with Crippen molar-refractivity contribution in [2.75, 3.05) is 13.1 Å². The van der Waals surface area contributed by atoms with Crippen LogP contribution in [0.25, 0.3) is 0 Å². The molecule has 0 saturated carbocycles. The van der Waals surface area contributed by atoms with Crippen LogP contribution in [0.15, 0.2) is 29.2 Å². The predicted octanol–water partition coefficient (Wildman–Crippen LogP) is 4.09. The summed E-state index contributed by atoms with van der Waals surface area (Å²) in [5.74, 6) is -0.855. The van der Waals surface area contributed by atoms with Crippen molar-refractivity contribution in [2.24, 2.45) is 0 Å². The van der Waals surface area contributed by atoms with Crippen LogP contribution in [0.1, 0.15) is 58.6 Å². The molecule has 0 amide bonds. The highest BCUT2D eigenvalue weighted by molar-refractivity contribution is 7.97. The van der Waals surface area contributed by atoms with Crippen molar-refractivity contribution in [3.8, 4) is 0 Å². The number of hydrogen-bond donors (Lipinski definition) is 1. The summed E-state index contributed by atoms with van der Waals surface area (Å²) < 4.78 is 4.20. The summed E-state index contributed by atoms with van der Waals surface area (Å²) in [4.78, 5) is 25.8. The van der Waals surface area contributed by atoms with Gasteiger partial charge in [-0.2, -0.15) is 0 Å². The molecular formula is C22H26N2O3S. The van der Waals surface area contributed by atoms with Gasteiger partial charge in [0.15, 0.2) is 5.78 Å². The highest BCUT2D eigenvalue weighted by Crippen LogP contribution is 2.32. The van der Waals surface area contributed by atoms with E-state index in [0.717, 1.165) is 66.2 Å². The molecule has 2 aromatic rings. The Bertz CT molecular complexity index is 895. The summed E-state index contributed by atoms with van der Waals surface area (Å²) in [6.07, 6.45) is 6.30.